The molecule has 5 aliphatic rings. The molecular weight excluding hydrogens is 584 g/mol. The van der Waals surface area contributed by atoms with Crippen molar-refractivity contribution in [3.8, 4) is 0 Å². The van der Waals surface area contributed by atoms with Gasteiger partial charge in [0.1, 0.15) is 18.8 Å². The summed E-state index contributed by atoms with van der Waals surface area (Å²) in [6, 6.07) is 0. The largest absolute Gasteiger partial charge is 0.462 e. The Kier molecular flexibility index (Phi) is 9.74. The van der Waals surface area contributed by atoms with Gasteiger partial charge in [0.2, 0.25) is 6.10 Å². The van der Waals surface area contributed by atoms with Gasteiger partial charge in [-0.1, -0.05) is 41.5 Å². The Bertz CT molecular complexity index is 1190. The van der Waals surface area contributed by atoms with Gasteiger partial charge in [-0.15, -0.1) is 0 Å². The smallest absolute Gasteiger partial charge is 0.348 e. The fourth-order valence-electron chi connectivity index (χ4n) is 10.7. The molecule has 0 aromatic rings. The Balaban J connectivity index is 1.27. The van der Waals surface area contributed by atoms with Crippen molar-refractivity contribution in [3.63, 3.8) is 0 Å². The minimum Gasteiger partial charge on any atom is -0.462 e. The van der Waals surface area contributed by atoms with Gasteiger partial charge in [-0.2, -0.15) is 0 Å². The van der Waals surface area contributed by atoms with Crippen LogP contribution in [0.4, 0.5) is 0 Å². The summed E-state index contributed by atoms with van der Waals surface area (Å²) in [6.07, 6.45) is 8.82. The van der Waals surface area contributed by atoms with E-state index >= 15 is 0 Å². The quantitative estimate of drug-likeness (QED) is 0.188. The van der Waals surface area contributed by atoms with Crippen LogP contribution in [-0.2, 0) is 38.1 Å². The van der Waals surface area contributed by atoms with Crippen LogP contribution in [-0.4, -0.2) is 48.8 Å². The van der Waals surface area contributed by atoms with Crippen molar-refractivity contribution < 1.29 is 38.1 Å². The van der Waals surface area contributed by atoms with Gasteiger partial charge in [0.25, 0.3) is 0 Å². The molecule has 0 spiro atoms. The fourth-order valence-corrected chi connectivity index (χ4v) is 10.7. The van der Waals surface area contributed by atoms with Gasteiger partial charge in [0, 0.05) is 24.7 Å². The van der Waals surface area contributed by atoms with Crippen molar-refractivity contribution in [2.45, 2.75) is 151 Å². The van der Waals surface area contributed by atoms with Crippen molar-refractivity contribution in [2.24, 2.45) is 57.2 Å². The van der Waals surface area contributed by atoms with E-state index in [0.717, 1.165) is 64.2 Å². The van der Waals surface area contributed by atoms with Gasteiger partial charge >= 0.3 is 23.9 Å². The number of rotatable bonds is 9. The van der Waals surface area contributed by atoms with E-state index in [9.17, 15) is 19.2 Å². The highest BCUT2D eigenvalue weighted by Crippen LogP contribution is 2.69. The SMILES string of the molecule is CCC(C)(C)C(=O)OC1CCC2(C)C(C1)CC(OC(C)=O)C1C2CCC2(C)C(C(C)CCC(=O)OC3C(=O)OCC3(C)C)CCC12. The summed E-state index contributed by atoms with van der Waals surface area (Å²) in [5.74, 6) is 1.31. The highest BCUT2D eigenvalue weighted by molar-refractivity contribution is 5.81. The van der Waals surface area contributed by atoms with Crippen molar-refractivity contribution in [1.82, 2.24) is 0 Å². The predicted octanol–water partition coefficient (Wildman–Crippen LogP) is 7.45. The van der Waals surface area contributed by atoms with Gasteiger partial charge < -0.3 is 18.9 Å². The zero-order chi connectivity index (χ0) is 33.8. The fraction of sp³-hybridized carbons (Fsp3) is 0.895. The lowest BCUT2D eigenvalue weighted by Crippen LogP contribution is -2.59. The minimum absolute atomic E-state index is 0.0754. The first kappa shape index (κ1) is 35.2. The lowest BCUT2D eigenvalue weighted by molar-refractivity contribution is -0.199. The molecule has 0 bridgehead atoms. The van der Waals surface area contributed by atoms with Crippen LogP contribution in [0.15, 0.2) is 0 Å². The molecule has 1 saturated heterocycles. The zero-order valence-corrected chi connectivity index (χ0v) is 29.9. The Labute approximate surface area is 276 Å². The zero-order valence-electron chi connectivity index (χ0n) is 29.9. The molecule has 11 unspecified atom stereocenters. The number of hydrogen-bond donors (Lipinski definition) is 0. The average molecular weight is 645 g/mol. The Morgan fingerprint density at radius 2 is 1.61 bits per heavy atom. The molecule has 4 saturated carbocycles. The molecule has 4 aliphatic carbocycles. The summed E-state index contributed by atoms with van der Waals surface area (Å²) in [5.41, 5.74) is -0.743. The summed E-state index contributed by atoms with van der Waals surface area (Å²) in [5, 5.41) is 0. The lowest BCUT2D eigenvalue weighted by atomic mass is 9.43. The molecule has 8 heteroatoms. The number of carbonyl (C=O) groups is 4. The number of ether oxygens (including phenoxy) is 4. The van der Waals surface area contributed by atoms with E-state index < -0.39 is 22.9 Å². The van der Waals surface area contributed by atoms with E-state index in [2.05, 4.69) is 20.8 Å². The van der Waals surface area contributed by atoms with E-state index in [1.165, 1.54) is 6.92 Å². The molecule has 1 heterocycles. The maximum Gasteiger partial charge on any atom is 0.348 e. The summed E-state index contributed by atoms with van der Waals surface area (Å²) in [7, 11) is 0. The molecule has 260 valence electrons. The third-order valence-electron chi connectivity index (χ3n) is 14.0. The molecule has 5 fully saturated rings. The van der Waals surface area contributed by atoms with Gasteiger partial charge in [0.05, 0.1) is 5.41 Å². The van der Waals surface area contributed by atoms with Crippen LogP contribution in [0.25, 0.3) is 0 Å². The molecule has 0 aromatic carbocycles. The number of carbonyl (C=O) groups excluding carboxylic acids is 4. The molecule has 0 aromatic heterocycles. The summed E-state index contributed by atoms with van der Waals surface area (Å²) in [6.45, 7) is 18.7. The summed E-state index contributed by atoms with van der Waals surface area (Å²) < 4.78 is 23.1. The van der Waals surface area contributed by atoms with E-state index in [4.69, 9.17) is 18.9 Å². The molecule has 11 atom stereocenters. The molecular formula is C38H60O8. The van der Waals surface area contributed by atoms with E-state index in [-0.39, 0.29) is 47.6 Å². The third-order valence-corrected chi connectivity index (χ3v) is 14.0. The van der Waals surface area contributed by atoms with Crippen molar-refractivity contribution >= 4 is 23.9 Å². The lowest BCUT2D eigenvalue weighted by Gasteiger charge is -2.62. The number of fused-ring (bicyclic) bond motifs is 5. The first-order valence-corrected chi connectivity index (χ1v) is 18.2. The first-order chi connectivity index (χ1) is 21.4. The summed E-state index contributed by atoms with van der Waals surface area (Å²) in [4.78, 5) is 50.4. The molecule has 8 nitrogen and oxygen atoms in total. The first-order valence-electron chi connectivity index (χ1n) is 18.2. The topological polar surface area (TPSA) is 105 Å². The van der Waals surface area contributed by atoms with Crippen molar-refractivity contribution in [1.29, 1.82) is 0 Å². The average Bonchev–Trinajstić information content (AvgIpc) is 3.47. The second-order valence-electron chi connectivity index (χ2n) is 17.6. The van der Waals surface area contributed by atoms with E-state index in [1.807, 2.05) is 34.6 Å². The van der Waals surface area contributed by atoms with Crippen LogP contribution in [0.1, 0.15) is 133 Å². The Hall–Kier alpha value is -2.12. The molecule has 0 radical (unpaired) electrons. The van der Waals surface area contributed by atoms with Gasteiger partial charge in [-0.3, -0.25) is 14.4 Å². The maximum atomic E-state index is 13.0. The third kappa shape index (κ3) is 6.36. The van der Waals surface area contributed by atoms with Crippen LogP contribution >= 0.6 is 0 Å². The van der Waals surface area contributed by atoms with Crippen molar-refractivity contribution in [3.05, 3.63) is 0 Å². The van der Waals surface area contributed by atoms with Gasteiger partial charge in [0.15, 0.2) is 0 Å². The van der Waals surface area contributed by atoms with Crippen LogP contribution in [0.2, 0.25) is 0 Å². The number of hydrogen-bond acceptors (Lipinski definition) is 8. The molecule has 0 N–H and O–H groups in total. The van der Waals surface area contributed by atoms with Crippen LogP contribution in [0.5, 0.6) is 0 Å². The highest BCUT2D eigenvalue weighted by atomic mass is 16.6. The van der Waals surface area contributed by atoms with E-state index in [1.54, 1.807) is 0 Å². The second-order valence-corrected chi connectivity index (χ2v) is 17.6. The monoisotopic (exact) mass is 644 g/mol. The normalized spacial score (nSPS) is 40.5. The predicted molar refractivity (Wildman–Crippen MR) is 173 cm³/mol. The minimum atomic E-state index is -0.834. The molecule has 46 heavy (non-hydrogen) atoms. The van der Waals surface area contributed by atoms with Crippen LogP contribution < -0.4 is 0 Å². The summed E-state index contributed by atoms with van der Waals surface area (Å²) >= 11 is 0. The molecule has 1 aliphatic heterocycles. The number of esters is 4. The van der Waals surface area contributed by atoms with Crippen LogP contribution in [0.3, 0.4) is 0 Å². The molecule has 5 rings (SSSR count). The van der Waals surface area contributed by atoms with Crippen molar-refractivity contribution in [2.75, 3.05) is 6.61 Å². The van der Waals surface area contributed by atoms with Gasteiger partial charge in [-0.05, 0) is 118 Å². The maximum absolute atomic E-state index is 13.0. The second kappa shape index (κ2) is 12.7. The molecule has 0 amide bonds. The van der Waals surface area contributed by atoms with Crippen LogP contribution in [0, 0.1) is 57.2 Å². The standard InChI is InChI=1S/C38H60O8/c1-10-35(4,5)34(42)45-25-15-17-37(8)24(19-25)20-29(44-23(3)39)31-27-13-12-26(38(27,9)18-16-28(31)37)22(2)11-14-30(40)46-32-33(41)43-21-36(32,6)7/h22,24-29,31-32H,10-21H2,1-9H3. The Morgan fingerprint density at radius 3 is 2.24 bits per heavy atom. The number of cyclic esters (lactones) is 1. The highest BCUT2D eigenvalue weighted by Gasteiger charge is 2.64. The van der Waals surface area contributed by atoms with Gasteiger partial charge in [-0.25, -0.2) is 4.79 Å². The van der Waals surface area contributed by atoms with E-state index in [0.29, 0.717) is 41.9 Å². The Morgan fingerprint density at radius 1 is 0.935 bits per heavy atom.